The average Bonchev–Trinajstić information content (AvgIpc) is 1.74. The maximum Gasteiger partial charge on any atom is 0.135 e. The summed E-state index contributed by atoms with van der Waals surface area (Å²) < 4.78 is 12.6. The summed E-state index contributed by atoms with van der Waals surface area (Å²) >= 11 is 0. The van der Waals surface area contributed by atoms with Gasteiger partial charge in [0.25, 0.3) is 0 Å². The molecule has 0 amide bonds. The van der Waals surface area contributed by atoms with E-state index in [2.05, 4.69) is 327 Å². The highest BCUT2D eigenvalue weighted by Crippen LogP contribution is 2.47. The number of fused-ring (bicyclic) bond motifs is 6. The van der Waals surface area contributed by atoms with Crippen molar-refractivity contribution >= 4 is 78.0 Å². The molecule has 16 aromatic rings. The summed E-state index contributed by atoms with van der Waals surface area (Å²) in [5.41, 5.74) is 28.5. The van der Waals surface area contributed by atoms with E-state index in [4.69, 9.17) is 8.83 Å². The Morgan fingerprint density at radius 3 is 0.867 bits per heavy atom. The van der Waals surface area contributed by atoms with Crippen LogP contribution in [-0.4, -0.2) is 0 Å². The van der Waals surface area contributed by atoms with Crippen molar-refractivity contribution in [2.45, 2.75) is 13.8 Å². The first-order valence-electron chi connectivity index (χ1n) is 30.8. The number of para-hydroxylation sites is 4. The predicted molar refractivity (Wildman–Crippen MR) is 378 cm³/mol. The van der Waals surface area contributed by atoms with Crippen molar-refractivity contribution in [3.63, 3.8) is 0 Å². The Kier molecular flexibility index (Phi) is 13.6. The number of hydrogen-bond acceptors (Lipinski definition) is 4. The zero-order valence-corrected chi connectivity index (χ0v) is 49.9. The first-order valence-corrected chi connectivity index (χ1v) is 30.8. The maximum absolute atomic E-state index is 6.32. The minimum absolute atomic E-state index is 0.877. The summed E-state index contributed by atoms with van der Waals surface area (Å²) in [5, 5.41) is 4.41. The molecule has 0 spiro atoms. The molecule has 90 heavy (non-hydrogen) atoms. The van der Waals surface area contributed by atoms with E-state index in [1.165, 1.54) is 33.4 Å². The molecule has 0 atom stereocenters. The van der Waals surface area contributed by atoms with E-state index in [1.54, 1.807) is 0 Å². The van der Waals surface area contributed by atoms with Crippen molar-refractivity contribution in [2.24, 2.45) is 0 Å². The molecular weight excluding hydrogens is 1090 g/mol. The third-order valence-corrected chi connectivity index (χ3v) is 17.8. The topological polar surface area (TPSA) is 32.8 Å². The summed E-state index contributed by atoms with van der Waals surface area (Å²) in [6.07, 6.45) is 0. The van der Waals surface area contributed by atoms with E-state index < -0.39 is 0 Å². The second kappa shape index (κ2) is 22.9. The van der Waals surface area contributed by atoms with Crippen molar-refractivity contribution in [1.29, 1.82) is 0 Å². The first-order chi connectivity index (χ1) is 44.4. The van der Waals surface area contributed by atoms with Gasteiger partial charge in [0.1, 0.15) is 22.3 Å². The summed E-state index contributed by atoms with van der Waals surface area (Å²) in [6.45, 7) is 4.48. The van der Waals surface area contributed by atoms with Crippen LogP contribution in [0, 0.1) is 13.8 Å². The van der Waals surface area contributed by atoms with Crippen LogP contribution in [-0.2, 0) is 0 Å². The molecular formula is C86H60N2O2. The van der Waals surface area contributed by atoms with Crippen LogP contribution in [0.15, 0.2) is 336 Å². The Bertz CT molecular complexity index is 4960. The second-order valence-corrected chi connectivity index (χ2v) is 23.3. The van der Waals surface area contributed by atoms with Gasteiger partial charge in [-0.25, -0.2) is 0 Å². The van der Waals surface area contributed by atoms with Gasteiger partial charge in [-0.15, -0.1) is 0 Å². The summed E-state index contributed by atoms with van der Waals surface area (Å²) in [6, 6.07) is 118. The quantitative estimate of drug-likeness (QED) is 0.115. The molecule has 2 heterocycles. The van der Waals surface area contributed by atoms with Gasteiger partial charge < -0.3 is 18.6 Å². The Morgan fingerprint density at radius 2 is 0.489 bits per heavy atom. The van der Waals surface area contributed by atoms with Crippen LogP contribution in [0.4, 0.5) is 34.1 Å². The van der Waals surface area contributed by atoms with Crippen LogP contribution in [0.5, 0.6) is 0 Å². The number of rotatable bonds is 13. The first kappa shape index (κ1) is 53.7. The number of aryl methyl sites for hydroxylation is 2. The molecule has 0 bridgehead atoms. The second-order valence-electron chi connectivity index (χ2n) is 23.3. The number of nitrogens with zero attached hydrogens (tertiary/aromatic N) is 2. The molecule has 16 rings (SSSR count). The van der Waals surface area contributed by atoms with Gasteiger partial charge in [-0.2, -0.15) is 0 Å². The van der Waals surface area contributed by atoms with Crippen LogP contribution in [0.1, 0.15) is 11.1 Å². The third-order valence-electron chi connectivity index (χ3n) is 17.8. The van der Waals surface area contributed by atoms with Crippen molar-refractivity contribution in [3.05, 3.63) is 339 Å². The van der Waals surface area contributed by atoms with E-state index in [9.17, 15) is 0 Å². The average molecular weight is 1150 g/mol. The molecule has 0 fully saturated rings. The number of furan rings is 2. The molecule has 0 unspecified atom stereocenters. The highest BCUT2D eigenvalue weighted by Gasteiger charge is 2.23. The monoisotopic (exact) mass is 1150 g/mol. The summed E-state index contributed by atoms with van der Waals surface area (Å²) in [5.74, 6) is 0. The molecule has 0 saturated carbocycles. The van der Waals surface area contributed by atoms with Gasteiger partial charge in [0.05, 0.1) is 11.4 Å². The van der Waals surface area contributed by atoms with Crippen LogP contribution in [0.2, 0.25) is 0 Å². The minimum atomic E-state index is 0.877. The molecule has 0 aliphatic carbocycles. The van der Waals surface area contributed by atoms with E-state index in [-0.39, 0.29) is 0 Å². The van der Waals surface area contributed by atoms with Crippen LogP contribution in [0.25, 0.3) is 122 Å². The number of benzene rings is 14. The minimum Gasteiger partial charge on any atom is -0.456 e. The highest BCUT2D eigenvalue weighted by atomic mass is 16.3. The lowest BCUT2D eigenvalue weighted by molar-refractivity contribution is 0.668. The maximum atomic E-state index is 6.32. The molecule has 0 N–H and O–H groups in total. The Balaban J connectivity index is 0.777. The molecule has 0 aliphatic heterocycles. The van der Waals surface area contributed by atoms with Crippen molar-refractivity contribution < 1.29 is 8.83 Å². The lowest BCUT2D eigenvalue weighted by Crippen LogP contribution is -2.13. The van der Waals surface area contributed by atoms with E-state index >= 15 is 0 Å². The van der Waals surface area contributed by atoms with Crippen LogP contribution < -0.4 is 9.80 Å². The van der Waals surface area contributed by atoms with Gasteiger partial charge in [0.2, 0.25) is 0 Å². The normalized spacial score (nSPS) is 11.4. The van der Waals surface area contributed by atoms with Crippen LogP contribution >= 0.6 is 0 Å². The van der Waals surface area contributed by atoms with Crippen molar-refractivity contribution in [1.82, 2.24) is 0 Å². The molecule has 0 radical (unpaired) electrons. The smallest absolute Gasteiger partial charge is 0.135 e. The molecule has 426 valence electrons. The molecule has 4 nitrogen and oxygen atoms in total. The highest BCUT2D eigenvalue weighted by molar-refractivity contribution is 6.08. The lowest BCUT2D eigenvalue weighted by atomic mass is 9.96. The Labute approximate surface area is 524 Å². The SMILES string of the molecule is Cc1cc(-c2ccc(N(c3ccc(-c4ccc(-c5ccccc5)cc4)cc3)c3ccccc3-c3ccc4oc5ccccc5c4c3)c(C)c2)ccc1N(c1ccc(-c2ccc(-c3ccccc3)cc2)cc1)c1ccccc1-c1ccc2oc3ccccc3c2c1. The lowest BCUT2D eigenvalue weighted by Gasteiger charge is -2.30. The zero-order valence-electron chi connectivity index (χ0n) is 49.9. The van der Waals surface area contributed by atoms with Gasteiger partial charge in [0, 0.05) is 55.4 Å². The Morgan fingerprint density at radius 1 is 0.200 bits per heavy atom. The van der Waals surface area contributed by atoms with Gasteiger partial charge in [0.15, 0.2) is 0 Å². The molecule has 4 heteroatoms. The standard InChI is InChI=1S/C86H60N2O2/c1-57-53-67(41-49-79(57)87(71-45-37-65(38-46-71)63-33-29-61(30-34-63)59-17-5-3-6-18-59)81-25-13-9-21-73(81)69-43-51-85-77(55-69)75-23-11-15-27-83(75)89-85)68-42-50-80(58(2)54-68)88(72-47-39-66(40-48-72)64-35-31-62(32-36-64)60-19-7-4-8-20-60)82-26-14-10-22-74(82)70-44-52-86-78(56-70)76-24-12-16-28-84(76)90-86/h3-56H,1-2H3. The van der Waals surface area contributed by atoms with Crippen LogP contribution in [0.3, 0.4) is 0 Å². The fourth-order valence-electron chi connectivity index (χ4n) is 13.2. The zero-order chi connectivity index (χ0) is 60.1. The molecule has 0 saturated heterocycles. The van der Waals surface area contributed by atoms with Crippen molar-refractivity contribution in [3.8, 4) is 77.9 Å². The molecule has 14 aromatic carbocycles. The fourth-order valence-corrected chi connectivity index (χ4v) is 13.2. The number of anilines is 6. The third kappa shape index (κ3) is 9.96. The van der Waals surface area contributed by atoms with Crippen molar-refractivity contribution in [2.75, 3.05) is 9.80 Å². The number of hydrogen-bond donors (Lipinski definition) is 0. The van der Waals surface area contributed by atoms with Gasteiger partial charge >= 0.3 is 0 Å². The van der Waals surface area contributed by atoms with E-state index in [0.717, 1.165) is 134 Å². The predicted octanol–water partition coefficient (Wildman–Crippen LogP) is 24.7. The summed E-state index contributed by atoms with van der Waals surface area (Å²) in [7, 11) is 0. The molecule has 0 aliphatic rings. The molecule has 2 aromatic heterocycles. The van der Waals surface area contributed by atoms with Gasteiger partial charge in [-0.05, 0) is 189 Å². The van der Waals surface area contributed by atoms with Gasteiger partial charge in [-0.3, -0.25) is 0 Å². The van der Waals surface area contributed by atoms with Gasteiger partial charge in [-0.1, -0.05) is 231 Å². The van der Waals surface area contributed by atoms with E-state index in [1.807, 2.05) is 24.3 Å². The summed E-state index contributed by atoms with van der Waals surface area (Å²) in [4.78, 5) is 4.85. The largest absolute Gasteiger partial charge is 0.456 e. The van der Waals surface area contributed by atoms with E-state index in [0.29, 0.717) is 0 Å². The Hall–Kier alpha value is -11.7. The fraction of sp³-hybridized carbons (Fsp3) is 0.0233.